The molecule has 1 fully saturated rings. The summed E-state index contributed by atoms with van der Waals surface area (Å²) < 4.78 is 18.4. The second-order valence-corrected chi connectivity index (χ2v) is 5.75. The number of carbonyl (C=O) groups excluding carboxylic acids is 2. The molecule has 2 rings (SSSR count). The van der Waals surface area contributed by atoms with E-state index in [9.17, 15) is 14.0 Å². The van der Waals surface area contributed by atoms with Crippen molar-refractivity contribution in [2.75, 3.05) is 46.4 Å². The molecular formula is C18H22FN3O3. The molecule has 1 aliphatic rings. The van der Waals surface area contributed by atoms with Crippen LogP contribution in [0.4, 0.5) is 4.39 Å². The van der Waals surface area contributed by atoms with Gasteiger partial charge in [-0.15, -0.1) is 6.42 Å². The average molecular weight is 347 g/mol. The first-order valence-electron chi connectivity index (χ1n) is 8.10. The molecule has 2 amide bonds. The molecule has 1 aromatic rings. The Hall–Kier alpha value is -2.59. The molecular weight excluding hydrogens is 325 g/mol. The van der Waals surface area contributed by atoms with Crippen LogP contribution in [0, 0.1) is 18.2 Å². The van der Waals surface area contributed by atoms with E-state index in [2.05, 4.69) is 11.2 Å². The quantitative estimate of drug-likeness (QED) is 0.798. The first-order chi connectivity index (χ1) is 12.0. The van der Waals surface area contributed by atoms with Crippen molar-refractivity contribution in [1.29, 1.82) is 0 Å². The summed E-state index contributed by atoms with van der Waals surface area (Å²) in [6, 6.07) is 4.09. The molecule has 0 saturated carbocycles. The van der Waals surface area contributed by atoms with E-state index in [1.54, 1.807) is 4.90 Å². The lowest BCUT2D eigenvalue weighted by atomic mass is 10.1. The molecule has 1 N–H and O–H groups in total. The summed E-state index contributed by atoms with van der Waals surface area (Å²) in [4.78, 5) is 28.1. The van der Waals surface area contributed by atoms with Crippen molar-refractivity contribution in [3.63, 3.8) is 0 Å². The van der Waals surface area contributed by atoms with Gasteiger partial charge in [0.2, 0.25) is 5.91 Å². The summed E-state index contributed by atoms with van der Waals surface area (Å²) in [6.07, 6.45) is 5.87. The highest BCUT2D eigenvalue weighted by atomic mass is 19.1. The standard InChI is InChI=1S/C18H22FN3O3/c1-3-7-20-17(23)13-21-8-4-9-22(11-10-21)18(24)14-5-6-15(19)16(12-14)25-2/h1,5-6,12H,4,7-11,13H2,2H3,(H,20,23). The first kappa shape index (κ1) is 18.7. The largest absolute Gasteiger partial charge is 0.494 e. The van der Waals surface area contributed by atoms with Gasteiger partial charge >= 0.3 is 0 Å². The Balaban J connectivity index is 1.95. The molecule has 0 bridgehead atoms. The maximum Gasteiger partial charge on any atom is 0.254 e. The zero-order chi connectivity index (χ0) is 18.2. The number of ether oxygens (including phenoxy) is 1. The Kier molecular flexibility index (Phi) is 6.78. The van der Waals surface area contributed by atoms with Crippen molar-refractivity contribution in [2.45, 2.75) is 6.42 Å². The van der Waals surface area contributed by atoms with Crippen LogP contribution in [0.15, 0.2) is 18.2 Å². The number of hydrogen-bond acceptors (Lipinski definition) is 4. The van der Waals surface area contributed by atoms with E-state index in [1.807, 2.05) is 4.90 Å². The third-order valence-electron chi connectivity index (χ3n) is 4.03. The number of nitrogens with zero attached hydrogens (tertiary/aromatic N) is 2. The van der Waals surface area contributed by atoms with Gasteiger partial charge in [-0.25, -0.2) is 4.39 Å². The van der Waals surface area contributed by atoms with Crippen LogP contribution in [0.5, 0.6) is 5.75 Å². The number of carbonyl (C=O) groups is 2. The summed E-state index contributed by atoms with van der Waals surface area (Å²) in [5.74, 6) is 1.62. The van der Waals surface area contributed by atoms with Gasteiger partial charge < -0.3 is 15.0 Å². The Morgan fingerprint density at radius 1 is 1.32 bits per heavy atom. The highest BCUT2D eigenvalue weighted by molar-refractivity contribution is 5.94. The summed E-state index contributed by atoms with van der Waals surface area (Å²) in [5, 5.41) is 2.63. The van der Waals surface area contributed by atoms with Crippen LogP contribution in [0.2, 0.25) is 0 Å². The maximum absolute atomic E-state index is 13.5. The summed E-state index contributed by atoms with van der Waals surface area (Å²) in [5.41, 5.74) is 0.387. The molecule has 0 unspecified atom stereocenters. The molecule has 0 atom stereocenters. The van der Waals surface area contributed by atoms with Crippen LogP contribution >= 0.6 is 0 Å². The van der Waals surface area contributed by atoms with Gasteiger partial charge in [-0.1, -0.05) is 5.92 Å². The topological polar surface area (TPSA) is 61.9 Å². The number of benzene rings is 1. The lowest BCUT2D eigenvalue weighted by Gasteiger charge is -2.22. The third-order valence-corrected chi connectivity index (χ3v) is 4.03. The number of halogens is 1. The van der Waals surface area contributed by atoms with E-state index in [-0.39, 0.29) is 30.7 Å². The zero-order valence-electron chi connectivity index (χ0n) is 14.3. The first-order valence-corrected chi connectivity index (χ1v) is 8.10. The van der Waals surface area contributed by atoms with Gasteiger partial charge in [0.15, 0.2) is 11.6 Å². The Labute approximate surface area is 146 Å². The lowest BCUT2D eigenvalue weighted by molar-refractivity contribution is -0.121. The van der Waals surface area contributed by atoms with E-state index in [0.29, 0.717) is 25.2 Å². The minimum atomic E-state index is -0.501. The monoisotopic (exact) mass is 347 g/mol. The molecule has 0 radical (unpaired) electrons. The van der Waals surface area contributed by atoms with E-state index < -0.39 is 5.82 Å². The molecule has 0 spiro atoms. The van der Waals surface area contributed by atoms with Crippen molar-refractivity contribution in [2.24, 2.45) is 0 Å². The molecule has 6 nitrogen and oxygen atoms in total. The number of nitrogens with one attached hydrogen (secondary N) is 1. The molecule has 1 aromatic carbocycles. The summed E-state index contributed by atoms with van der Waals surface area (Å²) in [7, 11) is 1.36. The van der Waals surface area contributed by atoms with E-state index in [1.165, 1.54) is 25.3 Å². The molecule has 1 saturated heterocycles. The Bertz CT molecular complexity index is 672. The van der Waals surface area contributed by atoms with Gasteiger partial charge in [-0.05, 0) is 24.6 Å². The van der Waals surface area contributed by atoms with Crippen LogP contribution in [-0.2, 0) is 4.79 Å². The Morgan fingerprint density at radius 2 is 2.12 bits per heavy atom. The van der Waals surface area contributed by atoms with Gasteiger partial charge in [0, 0.05) is 31.7 Å². The van der Waals surface area contributed by atoms with Crippen molar-refractivity contribution >= 4 is 11.8 Å². The van der Waals surface area contributed by atoms with Gasteiger partial charge in [-0.3, -0.25) is 14.5 Å². The number of terminal acetylenes is 1. The fourth-order valence-electron chi connectivity index (χ4n) is 2.72. The zero-order valence-corrected chi connectivity index (χ0v) is 14.3. The van der Waals surface area contributed by atoms with Crippen LogP contribution in [0.25, 0.3) is 0 Å². The molecule has 1 heterocycles. The predicted molar refractivity (Wildman–Crippen MR) is 91.8 cm³/mol. The summed E-state index contributed by atoms with van der Waals surface area (Å²) >= 11 is 0. The smallest absolute Gasteiger partial charge is 0.254 e. The van der Waals surface area contributed by atoms with Crippen LogP contribution < -0.4 is 10.1 Å². The third kappa shape index (κ3) is 5.19. The molecule has 7 heteroatoms. The van der Waals surface area contributed by atoms with E-state index >= 15 is 0 Å². The Morgan fingerprint density at radius 3 is 2.84 bits per heavy atom. The maximum atomic E-state index is 13.5. The van der Waals surface area contributed by atoms with Gasteiger partial charge in [0.25, 0.3) is 5.91 Å². The number of methoxy groups -OCH3 is 1. The van der Waals surface area contributed by atoms with E-state index in [0.717, 1.165) is 13.0 Å². The second-order valence-electron chi connectivity index (χ2n) is 5.75. The van der Waals surface area contributed by atoms with Crippen LogP contribution in [-0.4, -0.2) is 68.0 Å². The molecule has 134 valence electrons. The molecule has 0 aliphatic carbocycles. The summed E-state index contributed by atoms with van der Waals surface area (Å²) in [6.45, 7) is 2.87. The number of rotatable bonds is 5. The second kappa shape index (κ2) is 9.04. The molecule has 0 aromatic heterocycles. The lowest BCUT2D eigenvalue weighted by Crippen LogP contribution is -2.40. The number of hydrogen-bond donors (Lipinski definition) is 1. The van der Waals surface area contributed by atoms with Gasteiger partial charge in [0.05, 0.1) is 20.2 Å². The van der Waals surface area contributed by atoms with Crippen molar-refractivity contribution in [1.82, 2.24) is 15.1 Å². The SMILES string of the molecule is C#CCNC(=O)CN1CCCN(C(=O)c2ccc(F)c(OC)c2)CC1. The van der Waals surface area contributed by atoms with Crippen LogP contribution in [0.1, 0.15) is 16.8 Å². The minimum Gasteiger partial charge on any atom is -0.494 e. The highest BCUT2D eigenvalue weighted by Crippen LogP contribution is 2.19. The van der Waals surface area contributed by atoms with Crippen molar-refractivity contribution in [3.05, 3.63) is 29.6 Å². The van der Waals surface area contributed by atoms with Crippen molar-refractivity contribution in [3.8, 4) is 18.1 Å². The average Bonchev–Trinajstić information content (AvgIpc) is 2.85. The van der Waals surface area contributed by atoms with Gasteiger partial charge in [-0.2, -0.15) is 0 Å². The fraction of sp³-hybridized carbons (Fsp3) is 0.444. The van der Waals surface area contributed by atoms with Crippen LogP contribution in [0.3, 0.4) is 0 Å². The predicted octanol–water partition coefficient (Wildman–Crippen LogP) is 0.732. The number of amides is 2. The normalized spacial score (nSPS) is 15.2. The van der Waals surface area contributed by atoms with Crippen molar-refractivity contribution < 1.29 is 18.7 Å². The minimum absolute atomic E-state index is 0.0486. The van der Waals surface area contributed by atoms with E-state index in [4.69, 9.17) is 11.2 Å². The fourth-order valence-corrected chi connectivity index (χ4v) is 2.72. The van der Waals surface area contributed by atoms with Gasteiger partial charge in [0.1, 0.15) is 0 Å². The molecule has 1 aliphatic heterocycles. The highest BCUT2D eigenvalue weighted by Gasteiger charge is 2.22. The molecule has 25 heavy (non-hydrogen) atoms.